The molecule has 178 valence electrons. The van der Waals surface area contributed by atoms with Gasteiger partial charge in [-0.15, -0.1) is 0 Å². The van der Waals surface area contributed by atoms with Crippen LogP contribution in [0.15, 0.2) is 35.2 Å². The van der Waals surface area contributed by atoms with E-state index in [1.165, 1.54) is 29.6 Å². The number of sulfonamides is 2. The lowest BCUT2D eigenvalue weighted by atomic mass is 10.0. The number of nitrogens with zero attached hydrogens (tertiary/aromatic N) is 2. The average Bonchev–Trinajstić information content (AvgIpc) is 2.97. The third-order valence-corrected chi connectivity index (χ3v) is 9.93. The Hall–Kier alpha value is -2.63. The molecule has 33 heavy (non-hydrogen) atoms. The molecule has 0 spiro atoms. The minimum atomic E-state index is -3.86. The summed E-state index contributed by atoms with van der Waals surface area (Å²) in [7, 11) is -4.54. The number of fused-ring (bicyclic) bond motifs is 1. The molecule has 2 aliphatic heterocycles. The molecule has 0 bridgehead atoms. The summed E-state index contributed by atoms with van der Waals surface area (Å²) in [6.07, 6.45) is 0.518. The summed E-state index contributed by atoms with van der Waals surface area (Å²) in [5, 5.41) is 0. The Morgan fingerprint density at radius 2 is 1.67 bits per heavy atom. The minimum Gasteiger partial charge on any atom is -0.493 e. The summed E-state index contributed by atoms with van der Waals surface area (Å²) < 4.78 is 64.5. The minimum absolute atomic E-state index is 0.0762. The van der Waals surface area contributed by atoms with E-state index in [1.54, 1.807) is 27.0 Å². The fourth-order valence-corrected chi connectivity index (χ4v) is 7.77. The summed E-state index contributed by atoms with van der Waals surface area (Å²) in [4.78, 5) is 12.5. The van der Waals surface area contributed by atoms with Gasteiger partial charge in [0.1, 0.15) is 0 Å². The van der Waals surface area contributed by atoms with Crippen LogP contribution in [0.2, 0.25) is 0 Å². The molecule has 0 aromatic heterocycles. The molecule has 4 rings (SSSR count). The van der Waals surface area contributed by atoms with Crippen LogP contribution in [0.1, 0.15) is 23.6 Å². The molecule has 1 amide bonds. The number of hydrogen-bond acceptors (Lipinski definition) is 7. The number of anilines is 1. The zero-order valence-electron chi connectivity index (χ0n) is 18.9. The highest BCUT2D eigenvalue weighted by molar-refractivity contribution is 7.94. The van der Waals surface area contributed by atoms with E-state index in [1.807, 2.05) is 6.07 Å². The van der Waals surface area contributed by atoms with Gasteiger partial charge in [-0.1, -0.05) is 6.92 Å². The maximum Gasteiger partial charge on any atom is 0.244 e. The molecular weight excluding hydrogens is 468 g/mol. The molecule has 0 radical (unpaired) electrons. The lowest BCUT2D eigenvalue weighted by molar-refractivity contribution is -0.119. The monoisotopic (exact) mass is 494 g/mol. The lowest BCUT2D eigenvalue weighted by Gasteiger charge is -2.29. The zero-order chi connectivity index (χ0) is 24.1. The molecule has 9 nitrogen and oxygen atoms in total. The molecule has 0 saturated carbocycles. The van der Waals surface area contributed by atoms with E-state index < -0.39 is 31.9 Å². The normalized spacial score (nSPS) is 20.5. The van der Waals surface area contributed by atoms with Crippen LogP contribution in [0, 0.1) is 12.8 Å². The number of aryl methyl sites for hydroxylation is 1. The molecule has 1 saturated heterocycles. The third kappa shape index (κ3) is 3.98. The van der Waals surface area contributed by atoms with E-state index in [4.69, 9.17) is 9.47 Å². The topological polar surface area (TPSA) is 110 Å². The Labute approximate surface area is 194 Å². The van der Waals surface area contributed by atoms with Crippen LogP contribution in [0.25, 0.3) is 0 Å². The third-order valence-electron chi connectivity index (χ3n) is 6.05. The Morgan fingerprint density at radius 3 is 2.21 bits per heavy atom. The second kappa shape index (κ2) is 8.30. The number of benzene rings is 2. The van der Waals surface area contributed by atoms with Crippen LogP contribution in [0.4, 0.5) is 5.69 Å². The van der Waals surface area contributed by atoms with Crippen molar-refractivity contribution in [1.29, 1.82) is 0 Å². The quantitative estimate of drug-likeness (QED) is 0.626. The van der Waals surface area contributed by atoms with E-state index in [9.17, 15) is 21.6 Å². The van der Waals surface area contributed by atoms with Crippen molar-refractivity contribution < 1.29 is 31.1 Å². The predicted octanol–water partition coefficient (Wildman–Crippen LogP) is 2.07. The van der Waals surface area contributed by atoms with Crippen molar-refractivity contribution in [2.24, 2.45) is 5.92 Å². The second-order valence-electron chi connectivity index (χ2n) is 8.30. The Bertz CT molecular complexity index is 1340. The SMILES string of the molecule is COc1cc2c(cc1OC)CN(S(=O)(=O)c1ccc(N3C(=O)C(C)CS3(=O)=O)cc1C)CC2. The number of amides is 1. The van der Waals surface area contributed by atoms with Crippen LogP contribution in [0.3, 0.4) is 0 Å². The molecule has 1 atom stereocenters. The largest absolute Gasteiger partial charge is 0.493 e. The number of carbonyl (C=O) groups excluding carboxylic acids is 1. The molecule has 0 N–H and O–H groups in total. The summed E-state index contributed by atoms with van der Waals surface area (Å²) in [6.45, 7) is 3.63. The van der Waals surface area contributed by atoms with Gasteiger partial charge in [0.25, 0.3) is 0 Å². The molecule has 0 aliphatic carbocycles. The van der Waals surface area contributed by atoms with E-state index in [-0.39, 0.29) is 22.9 Å². The van der Waals surface area contributed by atoms with Gasteiger partial charge >= 0.3 is 0 Å². The molecule has 2 aromatic rings. The molecule has 11 heteroatoms. The van der Waals surface area contributed by atoms with Gasteiger partial charge in [-0.05, 0) is 60.4 Å². The van der Waals surface area contributed by atoms with E-state index in [0.717, 1.165) is 15.4 Å². The van der Waals surface area contributed by atoms with Crippen LogP contribution >= 0.6 is 0 Å². The van der Waals surface area contributed by atoms with Crippen molar-refractivity contribution in [3.8, 4) is 11.5 Å². The Balaban J connectivity index is 1.65. The van der Waals surface area contributed by atoms with Crippen molar-refractivity contribution in [3.05, 3.63) is 47.0 Å². The number of carbonyl (C=O) groups is 1. The first-order chi connectivity index (χ1) is 15.5. The van der Waals surface area contributed by atoms with Gasteiger partial charge in [0.15, 0.2) is 11.5 Å². The van der Waals surface area contributed by atoms with Gasteiger partial charge in [-0.2, -0.15) is 4.31 Å². The second-order valence-corrected chi connectivity index (χ2v) is 12.1. The fourth-order valence-electron chi connectivity index (χ4n) is 4.34. The predicted molar refractivity (Wildman–Crippen MR) is 122 cm³/mol. The summed E-state index contributed by atoms with van der Waals surface area (Å²) in [5.41, 5.74) is 2.35. The van der Waals surface area contributed by atoms with Crippen molar-refractivity contribution >= 4 is 31.6 Å². The maximum absolute atomic E-state index is 13.4. The van der Waals surface area contributed by atoms with Crippen LogP contribution < -0.4 is 13.8 Å². The van der Waals surface area contributed by atoms with Crippen LogP contribution in [-0.4, -0.2) is 53.6 Å². The molecule has 1 fully saturated rings. The smallest absolute Gasteiger partial charge is 0.244 e. The number of hydrogen-bond donors (Lipinski definition) is 0. The highest BCUT2D eigenvalue weighted by Crippen LogP contribution is 2.36. The maximum atomic E-state index is 13.4. The first-order valence-electron chi connectivity index (χ1n) is 10.4. The standard InChI is InChI=1S/C22H26N2O7S2/c1-14-9-18(24-22(25)15(2)13-32(24,26)27)5-6-21(14)33(28,29)23-8-7-16-10-19(30-3)20(31-4)11-17(16)12-23/h5-6,9-11,15H,7-8,12-13H2,1-4H3. The van der Waals surface area contributed by atoms with Gasteiger partial charge in [0.2, 0.25) is 26.0 Å². The zero-order valence-corrected chi connectivity index (χ0v) is 20.5. The summed E-state index contributed by atoms with van der Waals surface area (Å²) in [6, 6.07) is 7.84. The van der Waals surface area contributed by atoms with Crippen molar-refractivity contribution in [2.75, 3.05) is 30.8 Å². The summed E-state index contributed by atoms with van der Waals surface area (Å²) >= 11 is 0. The van der Waals surface area contributed by atoms with Crippen LogP contribution in [-0.2, 0) is 37.8 Å². The molecule has 1 unspecified atom stereocenters. The van der Waals surface area contributed by atoms with Crippen LogP contribution in [0.5, 0.6) is 11.5 Å². The average molecular weight is 495 g/mol. The first-order valence-corrected chi connectivity index (χ1v) is 13.5. The number of rotatable bonds is 5. The lowest BCUT2D eigenvalue weighted by Crippen LogP contribution is -2.36. The molecule has 2 aliphatic rings. The van der Waals surface area contributed by atoms with Crippen molar-refractivity contribution in [1.82, 2.24) is 4.31 Å². The number of methoxy groups -OCH3 is 2. The van der Waals surface area contributed by atoms with Gasteiger partial charge in [-0.25, -0.2) is 21.1 Å². The van der Waals surface area contributed by atoms with Gasteiger partial charge in [-0.3, -0.25) is 4.79 Å². The molecular formula is C22H26N2O7S2. The van der Waals surface area contributed by atoms with E-state index in [0.29, 0.717) is 30.0 Å². The molecule has 2 heterocycles. The fraction of sp³-hybridized carbons (Fsp3) is 0.409. The first kappa shape index (κ1) is 23.5. The highest BCUT2D eigenvalue weighted by Gasteiger charge is 2.42. The van der Waals surface area contributed by atoms with Crippen molar-refractivity contribution in [2.45, 2.75) is 31.7 Å². The Kier molecular flexibility index (Phi) is 5.92. The van der Waals surface area contributed by atoms with Gasteiger partial charge < -0.3 is 9.47 Å². The van der Waals surface area contributed by atoms with Crippen molar-refractivity contribution in [3.63, 3.8) is 0 Å². The van der Waals surface area contributed by atoms with Gasteiger partial charge in [0.05, 0.1) is 36.5 Å². The van der Waals surface area contributed by atoms with E-state index >= 15 is 0 Å². The van der Waals surface area contributed by atoms with Gasteiger partial charge in [0, 0.05) is 13.1 Å². The highest BCUT2D eigenvalue weighted by atomic mass is 32.2. The Morgan fingerprint density at radius 1 is 1.03 bits per heavy atom. The van der Waals surface area contributed by atoms with E-state index in [2.05, 4.69) is 0 Å². The molecule has 2 aromatic carbocycles. The number of ether oxygens (including phenoxy) is 2. The summed E-state index contributed by atoms with van der Waals surface area (Å²) in [5.74, 6) is -0.280.